The van der Waals surface area contributed by atoms with Crippen LogP contribution in [0.3, 0.4) is 0 Å². The van der Waals surface area contributed by atoms with E-state index in [1.54, 1.807) is 0 Å². The van der Waals surface area contributed by atoms with Gasteiger partial charge in [-0.05, 0) is 46.2 Å². The first-order chi connectivity index (χ1) is 6.68. The molecule has 1 heterocycles. The summed E-state index contributed by atoms with van der Waals surface area (Å²) in [5.74, 6) is -0.768. The van der Waals surface area contributed by atoms with E-state index >= 15 is 0 Å². The minimum Gasteiger partial charge on any atom is -0.480 e. The van der Waals surface area contributed by atoms with Crippen molar-refractivity contribution in [2.24, 2.45) is 0 Å². The molecule has 1 aliphatic heterocycles. The molecule has 0 spiro atoms. The monoisotopic (exact) mass is 303 g/mol. The largest absolute Gasteiger partial charge is 0.480 e. The topological polar surface area (TPSA) is 49.3 Å². The van der Waals surface area contributed by atoms with Gasteiger partial charge in [-0.15, -0.1) is 0 Å². The molecule has 1 aromatic carbocycles. The fourth-order valence-corrected chi connectivity index (χ4v) is 2.46. The highest BCUT2D eigenvalue weighted by molar-refractivity contribution is 14.1. The first-order valence-electron chi connectivity index (χ1n) is 4.41. The molecule has 14 heavy (non-hydrogen) atoms. The number of halogens is 1. The number of rotatable bonds is 1. The van der Waals surface area contributed by atoms with E-state index in [4.69, 9.17) is 5.11 Å². The third-order valence-corrected chi connectivity index (χ3v) is 3.47. The summed E-state index contributed by atoms with van der Waals surface area (Å²) in [5, 5.41) is 11.9. The molecule has 2 rings (SSSR count). The molecule has 1 aromatic rings. The van der Waals surface area contributed by atoms with Crippen LogP contribution in [0.15, 0.2) is 18.2 Å². The van der Waals surface area contributed by atoms with Crippen molar-refractivity contribution in [3.63, 3.8) is 0 Å². The van der Waals surface area contributed by atoms with Crippen molar-refractivity contribution in [1.29, 1.82) is 0 Å². The molecular formula is C10H10INO2. The molecule has 0 saturated carbocycles. The van der Waals surface area contributed by atoms with Gasteiger partial charge in [0.05, 0.1) is 0 Å². The van der Waals surface area contributed by atoms with E-state index in [0.717, 1.165) is 3.57 Å². The maximum absolute atomic E-state index is 10.8. The third kappa shape index (κ3) is 1.76. The van der Waals surface area contributed by atoms with E-state index in [9.17, 15) is 4.79 Å². The molecule has 0 radical (unpaired) electrons. The summed E-state index contributed by atoms with van der Waals surface area (Å²) in [7, 11) is 0. The zero-order valence-electron chi connectivity index (χ0n) is 7.46. The van der Waals surface area contributed by atoms with E-state index in [2.05, 4.69) is 27.9 Å². The number of hydrogen-bond acceptors (Lipinski definition) is 2. The molecule has 74 valence electrons. The van der Waals surface area contributed by atoms with Crippen molar-refractivity contribution in [2.45, 2.75) is 19.0 Å². The Kier molecular flexibility index (Phi) is 2.73. The quantitative estimate of drug-likeness (QED) is 0.771. The summed E-state index contributed by atoms with van der Waals surface area (Å²) in [5.41, 5.74) is 2.40. The minimum absolute atomic E-state index is 0.432. The molecule has 0 bridgehead atoms. The van der Waals surface area contributed by atoms with Gasteiger partial charge in [-0.25, -0.2) is 0 Å². The average Bonchev–Trinajstić information content (AvgIpc) is 2.18. The molecule has 1 aliphatic rings. The van der Waals surface area contributed by atoms with Crippen LogP contribution in [0.1, 0.15) is 11.1 Å². The summed E-state index contributed by atoms with van der Waals surface area (Å²) in [6.07, 6.45) is 0.587. The molecule has 0 amide bonds. The SMILES string of the molecule is O=C(O)[C@@H]1Cc2c(I)cccc2CN1. The van der Waals surface area contributed by atoms with Crippen LogP contribution in [-0.4, -0.2) is 17.1 Å². The maximum atomic E-state index is 10.8. The number of carboxylic acids is 1. The second-order valence-corrected chi connectivity index (χ2v) is 4.52. The van der Waals surface area contributed by atoms with Crippen LogP contribution in [0.2, 0.25) is 0 Å². The summed E-state index contributed by atoms with van der Waals surface area (Å²) in [4.78, 5) is 10.8. The molecule has 3 nitrogen and oxygen atoms in total. The maximum Gasteiger partial charge on any atom is 0.321 e. The average molecular weight is 303 g/mol. The van der Waals surface area contributed by atoms with Gasteiger partial charge in [0.25, 0.3) is 0 Å². The lowest BCUT2D eigenvalue weighted by Crippen LogP contribution is -2.41. The van der Waals surface area contributed by atoms with Gasteiger partial charge < -0.3 is 10.4 Å². The van der Waals surface area contributed by atoms with Gasteiger partial charge in [0.15, 0.2) is 0 Å². The Morgan fingerprint density at radius 2 is 2.36 bits per heavy atom. The summed E-state index contributed by atoms with van der Waals surface area (Å²) in [6, 6.07) is 5.63. The molecule has 0 saturated heterocycles. The van der Waals surface area contributed by atoms with E-state index in [1.165, 1.54) is 11.1 Å². The van der Waals surface area contributed by atoms with Gasteiger partial charge in [0.2, 0.25) is 0 Å². The first kappa shape index (κ1) is 9.92. The predicted molar refractivity (Wildman–Crippen MR) is 61.1 cm³/mol. The van der Waals surface area contributed by atoms with E-state index in [-0.39, 0.29) is 0 Å². The number of nitrogens with one attached hydrogen (secondary N) is 1. The number of carbonyl (C=O) groups is 1. The zero-order valence-corrected chi connectivity index (χ0v) is 9.61. The van der Waals surface area contributed by atoms with E-state index in [1.807, 2.05) is 18.2 Å². The van der Waals surface area contributed by atoms with Crippen molar-refractivity contribution in [3.05, 3.63) is 32.9 Å². The fraction of sp³-hybridized carbons (Fsp3) is 0.300. The molecular weight excluding hydrogens is 293 g/mol. The molecule has 1 atom stereocenters. The smallest absolute Gasteiger partial charge is 0.321 e. The van der Waals surface area contributed by atoms with E-state index < -0.39 is 12.0 Å². The second kappa shape index (κ2) is 3.86. The van der Waals surface area contributed by atoms with Gasteiger partial charge in [-0.3, -0.25) is 4.79 Å². The Hall–Kier alpha value is -0.620. The number of aliphatic carboxylic acids is 1. The highest BCUT2D eigenvalue weighted by Gasteiger charge is 2.24. The molecule has 0 unspecified atom stereocenters. The highest BCUT2D eigenvalue weighted by atomic mass is 127. The minimum atomic E-state index is -0.768. The lowest BCUT2D eigenvalue weighted by molar-refractivity contribution is -0.139. The third-order valence-electron chi connectivity index (χ3n) is 2.46. The Morgan fingerprint density at radius 1 is 1.57 bits per heavy atom. The number of hydrogen-bond donors (Lipinski definition) is 2. The van der Waals surface area contributed by atoms with Gasteiger partial charge in [0, 0.05) is 10.1 Å². The van der Waals surface area contributed by atoms with Crippen LogP contribution >= 0.6 is 22.6 Å². The van der Waals surface area contributed by atoms with Crippen molar-refractivity contribution >= 4 is 28.6 Å². The number of fused-ring (bicyclic) bond motifs is 1. The van der Waals surface area contributed by atoms with Gasteiger partial charge in [-0.1, -0.05) is 12.1 Å². The highest BCUT2D eigenvalue weighted by Crippen LogP contribution is 2.22. The number of benzene rings is 1. The Balaban J connectivity index is 2.33. The van der Waals surface area contributed by atoms with Crippen molar-refractivity contribution in [2.75, 3.05) is 0 Å². The van der Waals surface area contributed by atoms with Crippen molar-refractivity contribution in [3.8, 4) is 0 Å². The van der Waals surface area contributed by atoms with Crippen LogP contribution in [0, 0.1) is 3.57 Å². The molecule has 2 N–H and O–H groups in total. The van der Waals surface area contributed by atoms with Gasteiger partial charge in [-0.2, -0.15) is 0 Å². The Bertz CT molecular complexity index is 378. The van der Waals surface area contributed by atoms with Crippen LogP contribution in [0.5, 0.6) is 0 Å². The summed E-state index contributed by atoms with van der Waals surface area (Å²) < 4.78 is 1.16. The molecule has 4 heteroatoms. The predicted octanol–water partition coefficient (Wildman–Crippen LogP) is 1.39. The molecule has 0 aromatic heterocycles. The van der Waals surface area contributed by atoms with Crippen LogP contribution in [-0.2, 0) is 17.8 Å². The Morgan fingerprint density at radius 3 is 3.07 bits per heavy atom. The first-order valence-corrected chi connectivity index (χ1v) is 5.49. The van der Waals surface area contributed by atoms with Crippen LogP contribution in [0.4, 0.5) is 0 Å². The lowest BCUT2D eigenvalue weighted by atomic mass is 9.96. The van der Waals surface area contributed by atoms with Crippen molar-refractivity contribution in [1.82, 2.24) is 5.32 Å². The van der Waals surface area contributed by atoms with Crippen LogP contribution < -0.4 is 5.32 Å². The van der Waals surface area contributed by atoms with Gasteiger partial charge in [0.1, 0.15) is 6.04 Å². The lowest BCUT2D eigenvalue weighted by Gasteiger charge is -2.23. The standard InChI is InChI=1S/C10H10INO2/c11-8-3-1-2-6-5-12-9(10(13)14)4-7(6)8/h1-3,9,12H,4-5H2,(H,13,14)/t9-/m0/s1. The van der Waals surface area contributed by atoms with E-state index in [0.29, 0.717) is 13.0 Å². The van der Waals surface area contributed by atoms with Crippen molar-refractivity contribution < 1.29 is 9.90 Å². The summed E-state index contributed by atoms with van der Waals surface area (Å²) >= 11 is 2.26. The normalized spacial score (nSPS) is 20.2. The second-order valence-electron chi connectivity index (χ2n) is 3.35. The Labute approximate surface area is 95.7 Å². The van der Waals surface area contributed by atoms with Crippen LogP contribution in [0.25, 0.3) is 0 Å². The fourth-order valence-electron chi connectivity index (χ4n) is 1.68. The van der Waals surface area contributed by atoms with Gasteiger partial charge >= 0.3 is 5.97 Å². The molecule has 0 fully saturated rings. The molecule has 0 aliphatic carbocycles. The number of carboxylic acid groups (broad SMARTS) is 1. The zero-order chi connectivity index (χ0) is 10.1. The summed E-state index contributed by atoms with van der Waals surface area (Å²) in [6.45, 7) is 0.656.